The van der Waals surface area contributed by atoms with Crippen molar-refractivity contribution in [3.05, 3.63) is 11.6 Å². The van der Waals surface area contributed by atoms with Crippen LogP contribution in [0.3, 0.4) is 0 Å². The van der Waals surface area contributed by atoms with E-state index in [2.05, 4.69) is 33.8 Å². The molecular formula is C16H28O. The van der Waals surface area contributed by atoms with Gasteiger partial charge in [-0.1, -0.05) is 40.2 Å². The van der Waals surface area contributed by atoms with E-state index in [1.165, 1.54) is 25.7 Å². The van der Waals surface area contributed by atoms with Crippen LogP contribution in [-0.4, -0.2) is 6.29 Å². The van der Waals surface area contributed by atoms with Crippen LogP contribution in [-0.2, 0) is 4.79 Å². The number of carbonyl (C=O) groups excluding carboxylic acids is 1. The van der Waals surface area contributed by atoms with Crippen molar-refractivity contribution in [1.82, 2.24) is 0 Å². The minimum absolute atomic E-state index is 0.444. The molecule has 17 heavy (non-hydrogen) atoms. The van der Waals surface area contributed by atoms with E-state index in [9.17, 15) is 4.79 Å². The van der Waals surface area contributed by atoms with Crippen molar-refractivity contribution in [1.29, 1.82) is 0 Å². The first-order valence-corrected chi connectivity index (χ1v) is 7.19. The van der Waals surface area contributed by atoms with E-state index < -0.39 is 0 Å². The van der Waals surface area contributed by atoms with Gasteiger partial charge >= 0.3 is 0 Å². The molecule has 0 aromatic heterocycles. The Kier molecular flexibility index (Phi) is 5.94. The van der Waals surface area contributed by atoms with Crippen molar-refractivity contribution in [2.24, 2.45) is 23.7 Å². The van der Waals surface area contributed by atoms with Crippen LogP contribution in [0.5, 0.6) is 0 Å². The first-order chi connectivity index (χ1) is 8.04. The highest BCUT2D eigenvalue weighted by Crippen LogP contribution is 2.30. The molecule has 98 valence electrons. The van der Waals surface area contributed by atoms with Gasteiger partial charge in [0.25, 0.3) is 0 Å². The summed E-state index contributed by atoms with van der Waals surface area (Å²) in [4.78, 5) is 11.1. The third kappa shape index (κ3) is 4.65. The second kappa shape index (κ2) is 6.98. The van der Waals surface area contributed by atoms with E-state index in [0.29, 0.717) is 5.92 Å². The molecule has 1 heteroatoms. The fraction of sp³-hybridized carbons (Fsp3) is 0.812. The largest absolute Gasteiger partial charge is 0.298 e. The minimum Gasteiger partial charge on any atom is -0.298 e. The zero-order valence-electron chi connectivity index (χ0n) is 11.9. The maximum Gasteiger partial charge on any atom is 0.145 e. The number of hydrogen-bond acceptors (Lipinski definition) is 1. The number of allylic oxidation sites excluding steroid dienone is 2. The Hall–Kier alpha value is -0.590. The Morgan fingerprint density at radius 3 is 2.41 bits per heavy atom. The van der Waals surface area contributed by atoms with Gasteiger partial charge in [0.2, 0.25) is 0 Å². The molecule has 1 aliphatic rings. The average Bonchev–Trinajstić information content (AvgIpc) is 2.28. The Morgan fingerprint density at radius 2 is 1.82 bits per heavy atom. The van der Waals surface area contributed by atoms with E-state index in [1.807, 2.05) is 0 Å². The van der Waals surface area contributed by atoms with Gasteiger partial charge in [-0.25, -0.2) is 0 Å². The van der Waals surface area contributed by atoms with Gasteiger partial charge in [0.15, 0.2) is 0 Å². The average molecular weight is 236 g/mol. The normalized spacial score (nSPS) is 32.1. The molecule has 0 saturated carbocycles. The fourth-order valence-corrected chi connectivity index (χ4v) is 2.76. The summed E-state index contributed by atoms with van der Waals surface area (Å²) in [5.74, 6) is 2.78. The summed E-state index contributed by atoms with van der Waals surface area (Å²) in [6, 6.07) is 0. The van der Waals surface area contributed by atoms with E-state index >= 15 is 0 Å². The van der Waals surface area contributed by atoms with Crippen LogP contribution in [0, 0.1) is 23.7 Å². The molecule has 1 nitrogen and oxygen atoms in total. The number of aldehydes is 1. The van der Waals surface area contributed by atoms with E-state index in [-0.39, 0.29) is 0 Å². The third-order valence-corrected chi connectivity index (χ3v) is 4.40. The minimum atomic E-state index is 0.444. The summed E-state index contributed by atoms with van der Waals surface area (Å²) in [6.45, 7) is 9.18. The number of rotatable bonds is 2. The summed E-state index contributed by atoms with van der Waals surface area (Å²) in [7, 11) is 0. The molecule has 0 amide bonds. The summed E-state index contributed by atoms with van der Waals surface area (Å²) in [5.41, 5.74) is 1.03. The summed E-state index contributed by atoms with van der Waals surface area (Å²) in [6.07, 6.45) is 9.43. The van der Waals surface area contributed by atoms with Gasteiger partial charge in [0, 0.05) is 0 Å². The molecule has 0 aromatic rings. The SMILES string of the molecule is CC(C)[C@H]1CC[C@@H](C)CC=C(C=O)[C@H](C)CC1. The topological polar surface area (TPSA) is 17.1 Å². The van der Waals surface area contributed by atoms with Gasteiger partial charge in [0.1, 0.15) is 6.29 Å². The monoisotopic (exact) mass is 236 g/mol. The smallest absolute Gasteiger partial charge is 0.145 e. The maximum atomic E-state index is 11.1. The molecule has 0 unspecified atom stereocenters. The van der Waals surface area contributed by atoms with Crippen molar-refractivity contribution in [2.45, 2.75) is 59.8 Å². The lowest BCUT2D eigenvalue weighted by atomic mass is 9.80. The first-order valence-electron chi connectivity index (χ1n) is 7.19. The molecule has 0 spiro atoms. The molecule has 0 aliphatic heterocycles. The summed E-state index contributed by atoms with van der Waals surface area (Å²) >= 11 is 0. The van der Waals surface area contributed by atoms with Crippen LogP contribution in [0.2, 0.25) is 0 Å². The van der Waals surface area contributed by atoms with Crippen molar-refractivity contribution in [2.75, 3.05) is 0 Å². The second-order valence-electron chi connectivity index (χ2n) is 6.22. The van der Waals surface area contributed by atoms with Gasteiger partial charge in [-0.2, -0.15) is 0 Å². The molecule has 0 N–H and O–H groups in total. The molecule has 0 fully saturated rings. The van der Waals surface area contributed by atoms with Crippen molar-refractivity contribution in [3.8, 4) is 0 Å². The first kappa shape index (κ1) is 14.5. The quantitative estimate of drug-likeness (QED) is 0.639. The van der Waals surface area contributed by atoms with Crippen molar-refractivity contribution < 1.29 is 4.79 Å². The predicted molar refractivity (Wildman–Crippen MR) is 73.9 cm³/mol. The molecule has 0 saturated heterocycles. The van der Waals surface area contributed by atoms with Crippen molar-refractivity contribution >= 4 is 6.29 Å². The molecule has 0 bridgehead atoms. The Bertz CT molecular complexity index is 265. The van der Waals surface area contributed by atoms with Crippen LogP contribution < -0.4 is 0 Å². The zero-order chi connectivity index (χ0) is 12.8. The summed E-state index contributed by atoms with van der Waals surface area (Å²) in [5, 5.41) is 0. The van der Waals surface area contributed by atoms with Crippen LogP contribution in [0.1, 0.15) is 59.8 Å². The highest BCUT2D eigenvalue weighted by molar-refractivity contribution is 5.73. The molecule has 0 heterocycles. The standard InChI is InChI=1S/C16H28O/c1-12(2)15-8-5-13(3)6-9-16(11-17)14(4)7-10-15/h9,11-15H,5-8,10H2,1-4H3/t13-,14-,15+/m1/s1. The van der Waals surface area contributed by atoms with Crippen molar-refractivity contribution in [3.63, 3.8) is 0 Å². The van der Waals surface area contributed by atoms with E-state index in [4.69, 9.17) is 0 Å². The Balaban J connectivity index is 2.73. The molecule has 0 aromatic carbocycles. The third-order valence-electron chi connectivity index (χ3n) is 4.40. The molecule has 3 atom stereocenters. The highest BCUT2D eigenvalue weighted by Gasteiger charge is 2.19. The van der Waals surface area contributed by atoms with Gasteiger partial charge in [-0.05, 0) is 54.9 Å². The Morgan fingerprint density at radius 1 is 1.18 bits per heavy atom. The van der Waals surface area contributed by atoms with E-state index in [0.717, 1.165) is 36.0 Å². The van der Waals surface area contributed by atoms with Gasteiger partial charge in [0.05, 0.1) is 0 Å². The summed E-state index contributed by atoms with van der Waals surface area (Å²) < 4.78 is 0. The highest BCUT2D eigenvalue weighted by atomic mass is 16.1. The molecule has 1 aliphatic carbocycles. The van der Waals surface area contributed by atoms with Gasteiger partial charge < -0.3 is 0 Å². The van der Waals surface area contributed by atoms with Gasteiger partial charge in [-0.15, -0.1) is 0 Å². The predicted octanol–water partition coefficient (Wildman–Crippen LogP) is 4.62. The van der Waals surface area contributed by atoms with E-state index in [1.54, 1.807) is 0 Å². The molecule has 0 radical (unpaired) electrons. The lowest BCUT2D eigenvalue weighted by Crippen LogP contribution is -2.14. The van der Waals surface area contributed by atoms with Crippen LogP contribution in [0.25, 0.3) is 0 Å². The number of hydrogen-bond donors (Lipinski definition) is 0. The molecular weight excluding hydrogens is 208 g/mol. The second-order valence-corrected chi connectivity index (χ2v) is 6.22. The lowest BCUT2D eigenvalue weighted by Gasteiger charge is -2.25. The number of carbonyl (C=O) groups is 1. The van der Waals surface area contributed by atoms with Crippen LogP contribution >= 0.6 is 0 Å². The maximum absolute atomic E-state index is 11.1. The van der Waals surface area contributed by atoms with Crippen LogP contribution in [0.15, 0.2) is 11.6 Å². The van der Waals surface area contributed by atoms with Crippen LogP contribution in [0.4, 0.5) is 0 Å². The van der Waals surface area contributed by atoms with Gasteiger partial charge in [-0.3, -0.25) is 4.79 Å². The fourth-order valence-electron chi connectivity index (χ4n) is 2.76. The Labute approximate surface area is 107 Å². The zero-order valence-corrected chi connectivity index (χ0v) is 11.9. The lowest BCUT2D eigenvalue weighted by molar-refractivity contribution is -0.105. The molecule has 1 rings (SSSR count).